The summed E-state index contributed by atoms with van der Waals surface area (Å²) in [4.78, 5) is 31.2. The molecule has 1 heterocycles. The Morgan fingerprint density at radius 2 is 1.76 bits per heavy atom. The number of anilines is 1. The number of hydrogen-bond donors (Lipinski definition) is 1. The van der Waals surface area contributed by atoms with Crippen LogP contribution in [0, 0.1) is 11.8 Å². The van der Waals surface area contributed by atoms with Crippen LogP contribution in [-0.2, 0) is 19.3 Å². The van der Waals surface area contributed by atoms with Gasteiger partial charge in [0.25, 0.3) is 5.91 Å². The van der Waals surface area contributed by atoms with Crippen molar-refractivity contribution in [1.29, 1.82) is 0 Å². The van der Waals surface area contributed by atoms with Gasteiger partial charge in [-0.1, -0.05) is 77.3 Å². The standard InChI is InChI=1S/C25H26N2O2.C5H10/c1-4-16-9-7-14-21(22(16)24(28)15(2)3)27-25(29)23-17-10-5-6-12-19(17)26-20-13-8-11-18(20)23;1-2-5-3-4-5/h5-7,9-10,12,14-15H,4,8,11,13H2,1-3H3,(H,27,29);5H,2-4H2,1H3. The Kier molecular flexibility index (Phi) is 7.45. The fourth-order valence-corrected chi connectivity index (χ4v) is 4.76. The van der Waals surface area contributed by atoms with Gasteiger partial charge in [0.1, 0.15) is 0 Å². The van der Waals surface area contributed by atoms with Gasteiger partial charge in [0.15, 0.2) is 5.78 Å². The number of hydrogen-bond acceptors (Lipinski definition) is 3. The second kappa shape index (κ2) is 10.5. The number of carbonyl (C=O) groups excluding carboxylic acids is 2. The number of amides is 1. The minimum Gasteiger partial charge on any atom is -0.321 e. The van der Waals surface area contributed by atoms with E-state index in [9.17, 15) is 9.59 Å². The predicted molar refractivity (Wildman–Crippen MR) is 140 cm³/mol. The van der Waals surface area contributed by atoms with Gasteiger partial charge in [0.2, 0.25) is 0 Å². The topological polar surface area (TPSA) is 59.1 Å². The summed E-state index contributed by atoms with van der Waals surface area (Å²) in [6.45, 7) is 8.08. The van der Waals surface area contributed by atoms with Crippen LogP contribution in [0.25, 0.3) is 10.9 Å². The summed E-state index contributed by atoms with van der Waals surface area (Å²) in [5, 5.41) is 3.94. The average Bonchev–Trinajstić information content (AvgIpc) is 3.58. The number of rotatable bonds is 6. The molecule has 0 radical (unpaired) electrons. The Morgan fingerprint density at radius 3 is 2.41 bits per heavy atom. The number of ketones is 1. The molecule has 178 valence electrons. The van der Waals surface area contributed by atoms with Crippen molar-refractivity contribution in [1.82, 2.24) is 4.98 Å². The van der Waals surface area contributed by atoms with Gasteiger partial charge < -0.3 is 5.32 Å². The highest BCUT2D eigenvalue weighted by Gasteiger charge is 2.25. The molecule has 0 bridgehead atoms. The number of para-hydroxylation sites is 1. The molecule has 34 heavy (non-hydrogen) atoms. The van der Waals surface area contributed by atoms with Crippen LogP contribution in [0.3, 0.4) is 0 Å². The Bertz CT molecular complexity index is 1210. The predicted octanol–water partition coefficient (Wildman–Crippen LogP) is 7.18. The zero-order chi connectivity index (χ0) is 24.2. The molecule has 0 spiro atoms. The highest BCUT2D eigenvalue weighted by Crippen LogP contribution is 2.32. The summed E-state index contributed by atoms with van der Waals surface area (Å²) in [5.74, 6) is 0.898. The lowest BCUT2D eigenvalue weighted by Crippen LogP contribution is -2.20. The second-order valence-electron chi connectivity index (χ2n) is 9.80. The van der Waals surface area contributed by atoms with Crippen LogP contribution in [0.2, 0.25) is 0 Å². The van der Waals surface area contributed by atoms with Crippen molar-refractivity contribution in [2.75, 3.05) is 5.32 Å². The molecule has 1 fully saturated rings. The highest BCUT2D eigenvalue weighted by molar-refractivity contribution is 6.16. The molecule has 4 heteroatoms. The van der Waals surface area contributed by atoms with Gasteiger partial charge in [-0.3, -0.25) is 14.6 Å². The Morgan fingerprint density at radius 1 is 1.00 bits per heavy atom. The van der Waals surface area contributed by atoms with Crippen molar-refractivity contribution in [3.8, 4) is 0 Å². The fourth-order valence-electron chi connectivity index (χ4n) is 4.76. The number of nitrogens with one attached hydrogen (secondary N) is 1. The van der Waals surface area contributed by atoms with Gasteiger partial charge >= 0.3 is 0 Å². The molecule has 1 N–H and O–H groups in total. The van der Waals surface area contributed by atoms with Crippen molar-refractivity contribution in [3.05, 3.63) is 70.4 Å². The van der Waals surface area contributed by atoms with Gasteiger partial charge in [-0.25, -0.2) is 0 Å². The molecule has 1 amide bonds. The van der Waals surface area contributed by atoms with Gasteiger partial charge in [-0.05, 0) is 54.9 Å². The second-order valence-corrected chi connectivity index (χ2v) is 9.80. The first-order chi connectivity index (χ1) is 16.4. The molecule has 0 unspecified atom stereocenters. The van der Waals surface area contributed by atoms with Crippen molar-refractivity contribution >= 4 is 28.3 Å². The Balaban J connectivity index is 0.000000486. The average molecular weight is 457 g/mol. The Hall–Kier alpha value is -3.01. The molecule has 1 aromatic heterocycles. The van der Waals surface area contributed by atoms with Gasteiger partial charge in [0, 0.05) is 22.6 Å². The van der Waals surface area contributed by atoms with E-state index in [1.54, 1.807) is 0 Å². The summed E-state index contributed by atoms with van der Waals surface area (Å²) >= 11 is 0. The number of benzene rings is 2. The van der Waals surface area contributed by atoms with E-state index in [1.165, 1.54) is 19.3 Å². The fraction of sp³-hybridized carbons (Fsp3) is 0.433. The maximum Gasteiger partial charge on any atom is 0.256 e. The van der Waals surface area contributed by atoms with Crippen LogP contribution < -0.4 is 5.32 Å². The molecular formula is C30H36N2O2. The van der Waals surface area contributed by atoms with Gasteiger partial charge in [0.05, 0.1) is 16.8 Å². The quantitative estimate of drug-likeness (QED) is 0.400. The third-order valence-corrected chi connectivity index (χ3v) is 6.97. The lowest BCUT2D eigenvalue weighted by Gasteiger charge is -2.17. The largest absolute Gasteiger partial charge is 0.321 e. The molecule has 5 rings (SSSR count). The number of nitrogens with zero attached hydrogens (tertiary/aromatic N) is 1. The van der Waals surface area contributed by atoms with Crippen LogP contribution >= 0.6 is 0 Å². The van der Waals surface area contributed by atoms with E-state index < -0.39 is 0 Å². The van der Waals surface area contributed by atoms with E-state index in [0.717, 1.165) is 59.3 Å². The maximum atomic E-state index is 13.5. The van der Waals surface area contributed by atoms with E-state index in [2.05, 4.69) is 12.2 Å². The normalized spacial score (nSPS) is 14.5. The van der Waals surface area contributed by atoms with Crippen molar-refractivity contribution in [3.63, 3.8) is 0 Å². The summed E-state index contributed by atoms with van der Waals surface area (Å²) < 4.78 is 0. The first kappa shape index (κ1) is 24.1. The molecule has 0 aliphatic heterocycles. The Labute approximate surface area is 203 Å². The zero-order valence-electron chi connectivity index (χ0n) is 20.9. The zero-order valence-corrected chi connectivity index (χ0v) is 20.9. The van der Waals surface area contributed by atoms with Gasteiger partial charge in [-0.2, -0.15) is 0 Å². The molecule has 0 saturated heterocycles. The third-order valence-electron chi connectivity index (χ3n) is 6.97. The van der Waals surface area contributed by atoms with Crippen LogP contribution in [0.1, 0.15) is 90.9 Å². The van der Waals surface area contributed by atoms with Crippen molar-refractivity contribution < 1.29 is 9.59 Å². The number of aromatic nitrogens is 1. The van der Waals surface area contributed by atoms with E-state index in [4.69, 9.17) is 4.98 Å². The van der Waals surface area contributed by atoms with E-state index >= 15 is 0 Å². The van der Waals surface area contributed by atoms with Crippen LogP contribution in [0.5, 0.6) is 0 Å². The number of Topliss-reactive ketones (excluding diaryl/α,β-unsaturated/α-hetero) is 1. The highest BCUT2D eigenvalue weighted by atomic mass is 16.2. The molecule has 2 aliphatic carbocycles. The molecular weight excluding hydrogens is 420 g/mol. The van der Waals surface area contributed by atoms with Crippen molar-refractivity contribution in [2.24, 2.45) is 11.8 Å². The summed E-state index contributed by atoms with van der Waals surface area (Å²) in [6, 6.07) is 13.5. The SMILES string of the molecule is CCC1CC1.CCc1cccc(NC(=O)c2c3c(nc4ccccc24)CCC3)c1C(=O)C(C)C. The monoisotopic (exact) mass is 456 g/mol. The van der Waals surface area contributed by atoms with E-state index in [-0.39, 0.29) is 17.6 Å². The lowest BCUT2D eigenvalue weighted by molar-refractivity contribution is 0.0939. The number of fused-ring (bicyclic) bond motifs is 2. The maximum absolute atomic E-state index is 13.5. The first-order valence-electron chi connectivity index (χ1n) is 12.8. The molecule has 2 aromatic carbocycles. The molecule has 0 atom stereocenters. The van der Waals surface area contributed by atoms with Crippen molar-refractivity contribution in [2.45, 2.75) is 72.6 Å². The summed E-state index contributed by atoms with van der Waals surface area (Å²) in [6.07, 6.45) is 7.96. The summed E-state index contributed by atoms with van der Waals surface area (Å²) in [5.41, 5.74) is 5.81. The van der Waals surface area contributed by atoms with Crippen LogP contribution in [0.15, 0.2) is 42.5 Å². The third kappa shape index (κ3) is 5.06. The van der Waals surface area contributed by atoms with Crippen LogP contribution in [0.4, 0.5) is 5.69 Å². The minimum absolute atomic E-state index is 0.0579. The molecule has 1 saturated carbocycles. The minimum atomic E-state index is -0.159. The van der Waals surface area contributed by atoms with E-state index in [0.29, 0.717) is 16.8 Å². The smallest absolute Gasteiger partial charge is 0.256 e. The molecule has 4 nitrogen and oxygen atoms in total. The number of aryl methyl sites for hydroxylation is 2. The van der Waals surface area contributed by atoms with E-state index in [1.807, 2.05) is 63.2 Å². The van der Waals surface area contributed by atoms with Crippen LogP contribution in [-0.4, -0.2) is 16.7 Å². The number of carbonyl (C=O) groups is 2. The van der Waals surface area contributed by atoms with Gasteiger partial charge in [-0.15, -0.1) is 0 Å². The summed E-state index contributed by atoms with van der Waals surface area (Å²) in [7, 11) is 0. The number of pyridine rings is 1. The molecule has 3 aromatic rings. The molecule has 2 aliphatic rings. The lowest BCUT2D eigenvalue weighted by atomic mass is 9.93. The first-order valence-corrected chi connectivity index (χ1v) is 12.8.